The van der Waals surface area contributed by atoms with Crippen LogP contribution in [0.3, 0.4) is 0 Å². The number of thioether (sulfide) groups is 1. The summed E-state index contributed by atoms with van der Waals surface area (Å²) < 4.78 is 0. The monoisotopic (exact) mass is 314 g/mol. The van der Waals surface area contributed by atoms with Crippen LogP contribution in [0, 0.1) is 0 Å². The van der Waals surface area contributed by atoms with Gasteiger partial charge in [-0.15, -0.1) is 0 Å². The summed E-state index contributed by atoms with van der Waals surface area (Å²) in [7, 11) is 0. The van der Waals surface area contributed by atoms with E-state index in [0.29, 0.717) is 5.25 Å². The predicted molar refractivity (Wildman–Crippen MR) is 92.7 cm³/mol. The zero-order valence-electron chi connectivity index (χ0n) is 12.8. The van der Waals surface area contributed by atoms with E-state index >= 15 is 0 Å². The van der Waals surface area contributed by atoms with Crippen molar-refractivity contribution in [2.75, 3.05) is 25.4 Å². The average molecular weight is 315 g/mol. The SMILES string of the molecule is CCC(N)C(SCCN(CC)CC)c1ccc(Cl)cc1. The van der Waals surface area contributed by atoms with Gasteiger partial charge >= 0.3 is 0 Å². The maximum Gasteiger partial charge on any atom is 0.0448 e. The van der Waals surface area contributed by atoms with Gasteiger partial charge in [0.15, 0.2) is 0 Å². The molecule has 4 heteroatoms. The van der Waals surface area contributed by atoms with Crippen LogP contribution in [0.1, 0.15) is 38.0 Å². The molecule has 0 heterocycles. The Balaban J connectivity index is 2.63. The maximum atomic E-state index is 6.30. The Bertz CT molecular complexity index is 365. The van der Waals surface area contributed by atoms with Crippen LogP contribution >= 0.6 is 23.4 Å². The van der Waals surface area contributed by atoms with Gasteiger partial charge < -0.3 is 10.6 Å². The van der Waals surface area contributed by atoms with E-state index in [9.17, 15) is 0 Å². The third kappa shape index (κ3) is 5.65. The second-order valence-corrected chi connectivity index (χ2v) is 6.63. The van der Waals surface area contributed by atoms with Gasteiger partial charge in [-0.3, -0.25) is 0 Å². The van der Waals surface area contributed by atoms with Crippen molar-refractivity contribution >= 4 is 23.4 Å². The van der Waals surface area contributed by atoms with Crippen LogP contribution in [0.2, 0.25) is 5.02 Å². The van der Waals surface area contributed by atoms with E-state index in [1.165, 1.54) is 5.56 Å². The van der Waals surface area contributed by atoms with Crippen LogP contribution in [0.25, 0.3) is 0 Å². The van der Waals surface area contributed by atoms with Gasteiger partial charge in [0.1, 0.15) is 0 Å². The van der Waals surface area contributed by atoms with Gasteiger partial charge in [0, 0.05) is 28.6 Å². The number of hydrogen-bond donors (Lipinski definition) is 1. The van der Waals surface area contributed by atoms with Gasteiger partial charge in [0.2, 0.25) is 0 Å². The zero-order valence-corrected chi connectivity index (χ0v) is 14.4. The molecule has 0 aliphatic rings. The van der Waals surface area contributed by atoms with Gasteiger partial charge in [-0.2, -0.15) is 11.8 Å². The standard InChI is InChI=1S/C16H27ClN2S/c1-4-15(18)16(13-7-9-14(17)10-8-13)20-12-11-19(5-2)6-3/h7-10,15-16H,4-6,11-12,18H2,1-3H3. The third-order valence-electron chi connectivity index (χ3n) is 3.66. The first-order valence-corrected chi connectivity index (χ1v) is 8.90. The largest absolute Gasteiger partial charge is 0.326 e. The zero-order chi connectivity index (χ0) is 15.0. The molecule has 0 aromatic heterocycles. The lowest BCUT2D eigenvalue weighted by Gasteiger charge is -2.25. The summed E-state index contributed by atoms with van der Waals surface area (Å²) in [5.41, 5.74) is 7.59. The summed E-state index contributed by atoms with van der Waals surface area (Å²) in [4.78, 5) is 2.45. The van der Waals surface area contributed by atoms with Crippen LogP contribution in [0.4, 0.5) is 0 Å². The Hall–Kier alpha value is -0.220. The van der Waals surface area contributed by atoms with Crippen molar-refractivity contribution in [2.45, 2.75) is 38.5 Å². The molecule has 0 spiro atoms. The highest BCUT2D eigenvalue weighted by molar-refractivity contribution is 7.99. The minimum Gasteiger partial charge on any atom is -0.326 e. The molecule has 20 heavy (non-hydrogen) atoms. The second-order valence-electron chi connectivity index (χ2n) is 4.94. The van der Waals surface area contributed by atoms with Crippen molar-refractivity contribution in [2.24, 2.45) is 5.73 Å². The third-order valence-corrected chi connectivity index (χ3v) is 5.31. The van der Waals surface area contributed by atoms with Crippen LogP contribution in [0.15, 0.2) is 24.3 Å². The first kappa shape index (κ1) is 17.8. The molecule has 0 aliphatic heterocycles. The van der Waals surface area contributed by atoms with Crippen molar-refractivity contribution < 1.29 is 0 Å². The first-order valence-electron chi connectivity index (χ1n) is 7.47. The normalized spacial score (nSPS) is 14.5. The molecular formula is C16H27ClN2S. The highest BCUT2D eigenvalue weighted by Gasteiger charge is 2.19. The molecule has 2 atom stereocenters. The average Bonchev–Trinajstić information content (AvgIpc) is 2.48. The van der Waals surface area contributed by atoms with Crippen molar-refractivity contribution in [1.82, 2.24) is 4.90 Å². The van der Waals surface area contributed by atoms with Gasteiger partial charge in [0.25, 0.3) is 0 Å². The van der Waals surface area contributed by atoms with Crippen molar-refractivity contribution in [3.8, 4) is 0 Å². The first-order chi connectivity index (χ1) is 9.62. The van der Waals surface area contributed by atoms with E-state index in [4.69, 9.17) is 17.3 Å². The number of nitrogens with two attached hydrogens (primary N) is 1. The van der Waals surface area contributed by atoms with E-state index in [-0.39, 0.29) is 6.04 Å². The molecule has 0 saturated heterocycles. The molecule has 2 unspecified atom stereocenters. The van der Waals surface area contributed by atoms with Crippen LogP contribution < -0.4 is 5.73 Å². The Morgan fingerprint density at radius 2 is 1.75 bits per heavy atom. The van der Waals surface area contributed by atoms with E-state index < -0.39 is 0 Å². The van der Waals surface area contributed by atoms with Crippen molar-refractivity contribution in [1.29, 1.82) is 0 Å². The predicted octanol–water partition coefficient (Wildman–Crippen LogP) is 4.19. The summed E-state index contributed by atoms with van der Waals surface area (Å²) in [5.74, 6) is 1.11. The van der Waals surface area contributed by atoms with Crippen molar-refractivity contribution in [3.63, 3.8) is 0 Å². The van der Waals surface area contributed by atoms with E-state index in [1.54, 1.807) is 0 Å². The minimum absolute atomic E-state index is 0.192. The molecule has 114 valence electrons. The number of rotatable bonds is 9. The number of halogens is 1. The fraction of sp³-hybridized carbons (Fsp3) is 0.625. The molecule has 0 fully saturated rings. The van der Waals surface area contributed by atoms with E-state index in [1.807, 2.05) is 23.9 Å². The fourth-order valence-corrected chi connectivity index (χ4v) is 3.71. The molecule has 0 radical (unpaired) electrons. The lowest BCUT2D eigenvalue weighted by Crippen LogP contribution is -2.29. The Kier molecular flexibility index (Phi) is 8.62. The van der Waals surface area contributed by atoms with Crippen LogP contribution in [0.5, 0.6) is 0 Å². The maximum absolute atomic E-state index is 6.30. The minimum atomic E-state index is 0.192. The molecular weight excluding hydrogens is 288 g/mol. The van der Waals surface area contributed by atoms with Gasteiger partial charge in [0.05, 0.1) is 0 Å². The lowest BCUT2D eigenvalue weighted by molar-refractivity contribution is 0.323. The molecule has 1 aromatic rings. The van der Waals surface area contributed by atoms with E-state index in [2.05, 4.69) is 37.8 Å². The molecule has 0 saturated carbocycles. The summed E-state index contributed by atoms with van der Waals surface area (Å²) in [6.45, 7) is 9.92. The highest BCUT2D eigenvalue weighted by atomic mass is 35.5. The summed E-state index contributed by atoms with van der Waals surface area (Å²) in [6.07, 6.45) is 0.992. The quantitative estimate of drug-likeness (QED) is 0.741. The van der Waals surface area contributed by atoms with Gasteiger partial charge in [-0.05, 0) is 37.2 Å². The fourth-order valence-electron chi connectivity index (χ4n) is 2.18. The molecule has 2 nitrogen and oxygen atoms in total. The molecule has 0 aliphatic carbocycles. The number of nitrogens with zero attached hydrogens (tertiary/aromatic N) is 1. The highest BCUT2D eigenvalue weighted by Crippen LogP contribution is 2.33. The summed E-state index contributed by atoms with van der Waals surface area (Å²) >= 11 is 7.93. The molecule has 0 bridgehead atoms. The molecule has 2 N–H and O–H groups in total. The van der Waals surface area contributed by atoms with Gasteiger partial charge in [-0.25, -0.2) is 0 Å². The van der Waals surface area contributed by atoms with E-state index in [0.717, 1.165) is 36.8 Å². The van der Waals surface area contributed by atoms with Crippen LogP contribution in [-0.2, 0) is 0 Å². The Morgan fingerprint density at radius 1 is 1.15 bits per heavy atom. The number of hydrogen-bond acceptors (Lipinski definition) is 3. The summed E-state index contributed by atoms with van der Waals surface area (Å²) in [6, 6.07) is 8.31. The smallest absolute Gasteiger partial charge is 0.0448 e. The molecule has 0 amide bonds. The second kappa shape index (κ2) is 9.67. The summed E-state index contributed by atoms with van der Waals surface area (Å²) in [5, 5.41) is 1.14. The molecule has 1 rings (SSSR count). The number of benzene rings is 1. The van der Waals surface area contributed by atoms with Crippen molar-refractivity contribution in [3.05, 3.63) is 34.9 Å². The Labute approximate surface area is 133 Å². The topological polar surface area (TPSA) is 29.3 Å². The Morgan fingerprint density at radius 3 is 2.25 bits per heavy atom. The lowest BCUT2D eigenvalue weighted by atomic mass is 10.0. The van der Waals surface area contributed by atoms with Crippen LogP contribution in [-0.4, -0.2) is 36.3 Å². The van der Waals surface area contributed by atoms with Gasteiger partial charge in [-0.1, -0.05) is 44.5 Å². The molecule has 1 aromatic carbocycles.